The number of carbonyl (C=O) groups excluding carboxylic acids is 1. The molecular weight excluding hydrogens is 404 g/mol. The van der Waals surface area contributed by atoms with Gasteiger partial charge in [0.2, 0.25) is 5.91 Å². The molecule has 0 atom stereocenters. The summed E-state index contributed by atoms with van der Waals surface area (Å²) in [5.41, 5.74) is 6.56. The Bertz CT molecular complexity index is 1220. The third-order valence-corrected chi connectivity index (χ3v) is 6.33. The van der Waals surface area contributed by atoms with Crippen LogP contribution in [0.5, 0.6) is 0 Å². The van der Waals surface area contributed by atoms with Crippen molar-refractivity contribution >= 4 is 39.0 Å². The van der Waals surface area contributed by atoms with Crippen LogP contribution in [0.4, 0.5) is 11.5 Å². The van der Waals surface area contributed by atoms with Crippen molar-refractivity contribution in [3.63, 3.8) is 0 Å². The number of hydrogen-bond donors (Lipinski definition) is 2. The van der Waals surface area contributed by atoms with Crippen LogP contribution in [0.25, 0.3) is 21.3 Å². The number of hydrogen-bond acceptors (Lipinski definition) is 5. The number of aryl methyl sites for hydroxylation is 4. The van der Waals surface area contributed by atoms with Crippen molar-refractivity contribution in [2.45, 2.75) is 34.1 Å². The Morgan fingerprint density at radius 3 is 2.42 bits per heavy atom. The molecule has 0 saturated heterocycles. The average Bonchev–Trinajstić information content (AvgIpc) is 3.08. The number of anilines is 2. The number of aromatic nitrogens is 2. The van der Waals surface area contributed by atoms with Crippen molar-refractivity contribution in [1.29, 1.82) is 0 Å². The number of amides is 1. The highest BCUT2D eigenvalue weighted by atomic mass is 32.1. The van der Waals surface area contributed by atoms with E-state index in [1.807, 2.05) is 32.0 Å². The van der Waals surface area contributed by atoms with E-state index < -0.39 is 0 Å². The van der Waals surface area contributed by atoms with Gasteiger partial charge in [0, 0.05) is 29.1 Å². The van der Waals surface area contributed by atoms with Gasteiger partial charge in [-0.1, -0.05) is 48.0 Å². The van der Waals surface area contributed by atoms with Gasteiger partial charge in [-0.05, 0) is 44.4 Å². The Hall–Kier alpha value is -3.25. The maximum atomic E-state index is 12.6. The van der Waals surface area contributed by atoms with Gasteiger partial charge in [0.25, 0.3) is 0 Å². The zero-order valence-electron chi connectivity index (χ0n) is 18.2. The van der Waals surface area contributed by atoms with E-state index in [-0.39, 0.29) is 5.91 Å². The Labute approximate surface area is 186 Å². The van der Waals surface area contributed by atoms with E-state index in [0.717, 1.165) is 44.0 Å². The predicted octanol–water partition coefficient (Wildman–Crippen LogP) is 6.03. The van der Waals surface area contributed by atoms with Crippen molar-refractivity contribution in [2.75, 3.05) is 17.2 Å². The van der Waals surface area contributed by atoms with Crippen LogP contribution >= 0.6 is 11.3 Å². The first-order valence-electron chi connectivity index (χ1n) is 10.3. The molecule has 31 heavy (non-hydrogen) atoms. The molecule has 4 rings (SSSR count). The maximum Gasteiger partial charge on any atom is 0.226 e. The molecule has 1 amide bonds. The Morgan fingerprint density at radius 1 is 1.00 bits per heavy atom. The summed E-state index contributed by atoms with van der Waals surface area (Å²) in [6.45, 7) is 8.71. The molecule has 0 bridgehead atoms. The molecule has 2 aromatic carbocycles. The van der Waals surface area contributed by atoms with Gasteiger partial charge in [0.1, 0.15) is 17.0 Å². The van der Waals surface area contributed by atoms with E-state index in [1.165, 1.54) is 10.4 Å². The van der Waals surface area contributed by atoms with Gasteiger partial charge in [-0.15, -0.1) is 11.3 Å². The standard InChI is InChI=1S/C25H26N4OS/c1-15-12-16(2)23(17(3)13-15)29-20(30)10-11-26-24-22-21(19-8-6-5-7-9-19)18(4)31-25(22)28-14-27-24/h5-9,12-14H,10-11H2,1-4H3,(H,29,30)(H,26,27,28). The fourth-order valence-electron chi connectivity index (χ4n) is 4.00. The summed E-state index contributed by atoms with van der Waals surface area (Å²) >= 11 is 1.66. The Morgan fingerprint density at radius 2 is 1.71 bits per heavy atom. The normalized spacial score (nSPS) is 11.0. The van der Waals surface area contributed by atoms with E-state index in [1.54, 1.807) is 17.7 Å². The van der Waals surface area contributed by atoms with Gasteiger partial charge in [-0.2, -0.15) is 0 Å². The summed E-state index contributed by atoms with van der Waals surface area (Å²) in [4.78, 5) is 23.7. The van der Waals surface area contributed by atoms with E-state index in [9.17, 15) is 4.79 Å². The smallest absolute Gasteiger partial charge is 0.226 e. The van der Waals surface area contributed by atoms with Crippen molar-refractivity contribution in [1.82, 2.24) is 9.97 Å². The molecule has 0 fully saturated rings. The van der Waals surface area contributed by atoms with Crippen molar-refractivity contribution in [3.8, 4) is 11.1 Å². The molecule has 2 heterocycles. The molecule has 0 aliphatic heterocycles. The summed E-state index contributed by atoms with van der Waals surface area (Å²) in [7, 11) is 0. The molecular formula is C25H26N4OS. The number of nitrogens with zero attached hydrogens (tertiary/aromatic N) is 2. The van der Waals surface area contributed by atoms with Crippen molar-refractivity contribution < 1.29 is 4.79 Å². The van der Waals surface area contributed by atoms with Crippen LogP contribution < -0.4 is 10.6 Å². The number of benzene rings is 2. The van der Waals surface area contributed by atoms with Crippen LogP contribution in [0.2, 0.25) is 0 Å². The van der Waals surface area contributed by atoms with Gasteiger partial charge < -0.3 is 10.6 Å². The van der Waals surface area contributed by atoms with E-state index in [4.69, 9.17) is 0 Å². The molecule has 0 saturated carbocycles. The lowest BCUT2D eigenvalue weighted by molar-refractivity contribution is -0.115. The van der Waals surface area contributed by atoms with Crippen molar-refractivity contribution in [2.24, 2.45) is 0 Å². The second-order valence-electron chi connectivity index (χ2n) is 7.80. The summed E-state index contributed by atoms with van der Waals surface area (Å²) < 4.78 is 0. The van der Waals surface area contributed by atoms with Crippen LogP contribution in [-0.4, -0.2) is 22.4 Å². The minimum Gasteiger partial charge on any atom is -0.369 e. The molecule has 0 spiro atoms. The summed E-state index contributed by atoms with van der Waals surface area (Å²) in [5, 5.41) is 7.44. The number of thiophene rings is 1. The molecule has 5 nitrogen and oxygen atoms in total. The lowest BCUT2D eigenvalue weighted by Gasteiger charge is -2.13. The minimum atomic E-state index is -0.0161. The van der Waals surface area contributed by atoms with Gasteiger partial charge in [-0.3, -0.25) is 4.79 Å². The molecule has 158 valence electrons. The summed E-state index contributed by atoms with van der Waals surface area (Å²) in [6, 6.07) is 14.5. The topological polar surface area (TPSA) is 66.9 Å². The molecule has 0 unspecified atom stereocenters. The number of rotatable bonds is 6. The highest BCUT2D eigenvalue weighted by molar-refractivity contribution is 7.19. The first-order valence-corrected chi connectivity index (χ1v) is 11.2. The zero-order chi connectivity index (χ0) is 22.0. The highest BCUT2D eigenvalue weighted by Crippen LogP contribution is 2.40. The molecule has 0 radical (unpaired) electrons. The monoisotopic (exact) mass is 430 g/mol. The summed E-state index contributed by atoms with van der Waals surface area (Å²) in [5.74, 6) is 0.751. The molecule has 6 heteroatoms. The average molecular weight is 431 g/mol. The Kier molecular flexibility index (Phi) is 6.00. The molecule has 0 aliphatic carbocycles. The summed E-state index contributed by atoms with van der Waals surface area (Å²) in [6.07, 6.45) is 1.93. The van der Waals surface area contributed by atoms with Gasteiger partial charge >= 0.3 is 0 Å². The largest absolute Gasteiger partial charge is 0.369 e. The van der Waals surface area contributed by atoms with Crippen molar-refractivity contribution in [3.05, 3.63) is 70.4 Å². The van der Waals surface area contributed by atoms with Crippen LogP contribution in [0.15, 0.2) is 48.8 Å². The Balaban J connectivity index is 1.51. The van der Waals surface area contributed by atoms with Crippen LogP contribution in [0, 0.1) is 27.7 Å². The number of carbonyl (C=O) groups is 1. The van der Waals surface area contributed by atoms with Crippen LogP contribution in [0.3, 0.4) is 0 Å². The SMILES string of the molecule is Cc1cc(C)c(NC(=O)CCNc2ncnc3sc(C)c(-c4ccccc4)c23)c(C)c1. The quantitative estimate of drug-likeness (QED) is 0.392. The highest BCUT2D eigenvalue weighted by Gasteiger charge is 2.17. The van der Waals surface area contributed by atoms with Crippen LogP contribution in [-0.2, 0) is 4.79 Å². The lowest BCUT2D eigenvalue weighted by atomic mass is 10.0. The van der Waals surface area contributed by atoms with E-state index in [2.05, 4.69) is 58.7 Å². The molecule has 4 aromatic rings. The molecule has 0 aliphatic rings. The van der Waals surface area contributed by atoms with Gasteiger partial charge in [0.05, 0.1) is 5.39 Å². The molecule has 2 N–H and O–H groups in total. The minimum absolute atomic E-state index is 0.0161. The zero-order valence-corrected chi connectivity index (χ0v) is 19.1. The van der Waals surface area contributed by atoms with Gasteiger partial charge in [-0.25, -0.2) is 9.97 Å². The lowest BCUT2D eigenvalue weighted by Crippen LogP contribution is -2.18. The third kappa shape index (κ3) is 4.44. The molecule has 2 aromatic heterocycles. The predicted molar refractivity (Wildman–Crippen MR) is 130 cm³/mol. The first kappa shape index (κ1) is 21.0. The fourth-order valence-corrected chi connectivity index (χ4v) is 5.02. The second kappa shape index (κ2) is 8.86. The number of fused-ring (bicyclic) bond motifs is 1. The van der Waals surface area contributed by atoms with E-state index >= 15 is 0 Å². The third-order valence-electron chi connectivity index (χ3n) is 5.31. The van der Waals surface area contributed by atoms with E-state index in [0.29, 0.717) is 13.0 Å². The fraction of sp³-hybridized carbons (Fsp3) is 0.240. The maximum absolute atomic E-state index is 12.6. The second-order valence-corrected chi connectivity index (χ2v) is 9.00. The number of nitrogens with one attached hydrogen (secondary N) is 2. The van der Waals surface area contributed by atoms with Crippen LogP contribution in [0.1, 0.15) is 28.0 Å². The first-order chi connectivity index (χ1) is 14.9. The van der Waals surface area contributed by atoms with Gasteiger partial charge in [0.15, 0.2) is 0 Å².